The predicted molar refractivity (Wildman–Crippen MR) is 61.7 cm³/mol. The Bertz CT molecular complexity index is 120. The van der Waals surface area contributed by atoms with E-state index in [-0.39, 0.29) is 0 Å². The second-order valence-electron chi connectivity index (χ2n) is 4.04. The molecule has 0 fully saturated rings. The summed E-state index contributed by atoms with van der Waals surface area (Å²) in [4.78, 5) is 2.33. The SMILES string of the molecule is CCCOCCN(C)CC(C)CNC. The van der Waals surface area contributed by atoms with Crippen molar-refractivity contribution in [3.63, 3.8) is 0 Å². The molecule has 0 rings (SSSR count). The molecule has 3 heteroatoms. The molecule has 0 aromatic rings. The average molecular weight is 202 g/mol. The Morgan fingerprint density at radius 1 is 1.36 bits per heavy atom. The van der Waals surface area contributed by atoms with Gasteiger partial charge in [0.2, 0.25) is 0 Å². The summed E-state index contributed by atoms with van der Waals surface area (Å²) in [5.41, 5.74) is 0. The lowest BCUT2D eigenvalue weighted by atomic mass is 10.2. The third-order valence-electron chi connectivity index (χ3n) is 2.14. The standard InChI is InChI=1S/C11H26N2O/c1-5-7-14-8-6-13(4)10-11(2)9-12-3/h11-12H,5-10H2,1-4H3. The highest BCUT2D eigenvalue weighted by Crippen LogP contribution is 1.96. The van der Waals surface area contributed by atoms with Crippen LogP contribution in [0.5, 0.6) is 0 Å². The third-order valence-corrected chi connectivity index (χ3v) is 2.14. The summed E-state index contributed by atoms with van der Waals surface area (Å²) in [6.07, 6.45) is 1.11. The molecule has 1 N–H and O–H groups in total. The number of hydrogen-bond acceptors (Lipinski definition) is 3. The Morgan fingerprint density at radius 2 is 2.07 bits per heavy atom. The zero-order valence-corrected chi connectivity index (χ0v) is 10.2. The molecule has 1 unspecified atom stereocenters. The lowest BCUT2D eigenvalue weighted by Crippen LogP contribution is -2.32. The van der Waals surface area contributed by atoms with Crippen molar-refractivity contribution in [2.75, 3.05) is 46.9 Å². The summed E-state index contributed by atoms with van der Waals surface area (Å²) in [6.45, 7) is 9.40. The molecule has 0 heterocycles. The number of nitrogens with one attached hydrogen (secondary N) is 1. The van der Waals surface area contributed by atoms with Crippen LogP contribution in [0.15, 0.2) is 0 Å². The molecule has 0 aromatic heterocycles. The zero-order valence-electron chi connectivity index (χ0n) is 10.2. The number of likely N-dealkylation sites (N-methyl/N-ethyl adjacent to an activating group) is 1. The molecular formula is C11H26N2O. The fourth-order valence-corrected chi connectivity index (χ4v) is 1.50. The molecular weight excluding hydrogens is 176 g/mol. The van der Waals surface area contributed by atoms with Gasteiger partial charge < -0.3 is 15.0 Å². The second kappa shape index (κ2) is 9.44. The van der Waals surface area contributed by atoms with E-state index < -0.39 is 0 Å². The van der Waals surface area contributed by atoms with Gasteiger partial charge in [-0.05, 0) is 33.0 Å². The van der Waals surface area contributed by atoms with Gasteiger partial charge in [-0.25, -0.2) is 0 Å². The highest BCUT2D eigenvalue weighted by molar-refractivity contribution is 4.60. The highest BCUT2D eigenvalue weighted by Gasteiger charge is 2.04. The Balaban J connectivity index is 3.30. The molecule has 1 atom stereocenters. The van der Waals surface area contributed by atoms with Crippen molar-refractivity contribution in [1.29, 1.82) is 0 Å². The largest absolute Gasteiger partial charge is 0.380 e. The van der Waals surface area contributed by atoms with E-state index in [0.29, 0.717) is 5.92 Å². The highest BCUT2D eigenvalue weighted by atomic mass is 16.5. The minimum atomic E-state index is 0.705. The van der Waals surface area contributed by atoms with E-state index in [2.05, 4.69) is 31.1 Å². The summed E-state index contributed by atoms with van der Waals surface area (Å²) in [6, 6.07) is 0. The van der Waals surface area contributed by atoms with E-state index in [0.717, 1.165) is 39.3 Å². The van der Waals surface area contributed by atoms with Crippen molar-refractivity contribution < 1.29 is 4.74 Å². The van der Waals surface area contributed by atoms with Crippen LogP contribution in [0.2, 0.25) is 0 Å². The molecule has 0 aliphatic rings. The molecule has 86 valence electrons. The number of ether oxygens (including phenoxy) is 1. The summed E-state index contributed by atoms with van der Waals surface area (Å²) >= 11 is 0. The van der Waals surface area contributed by atoms with Crippen LogP contribution in [0.25, 0.3) is 0 Å². The van der Waals surface area contributed by atoms with E-state index in [4.69, 9.17) is 4.74 Å². The maximum absolute atomic E-state index is 5.44. The summed E-state index contributed by atoms with van der Waals surface area (Å²) in [5, 5.41) is 3.19. The molecule has 0 amide bonds. The number of nitrogens with zero attached hydrogens (tertiary/aromatic N) is 1. The Kier molecular flexibility index (Phi) is 9.35. The topological polar surface area (TPSA) is 24.5 Å². The van der Waals surface area contributed by atoms with Gasteiger partial charge in [-0.3, -0.25) is 0 Å². The lowest BCUT2D eigenvalue weighted by Gasteiger charge is -2.20. The molecule has 0 aromatic carbocycles. The van der Waals surface area contributed by atoms with Crippen molar-refractivity contribution in [3.8, 4) is 0 Å². The molecule has 0 bridgehead atoms. The monoisotopic (exact) mass is 202 g/mol. The van der Waals surface area contributed by atoms with E-state index in [1.807, 2.05) is 7.05 Å². The molecule has 0 aliphatic carbocycles. The van der Waals surface area contributed by atoms with E-state index in [9.17, 15) is 0 Å². The summed E-state index contributed by atoms with van der Waals surface area (Å²) in [5.74, 6) is 0.705. The van der Waals surface area contributed by atoms with E-state index in [1.54, 1.807) is 0 Å². The Labute approximate surface area is 88.8 Å². The minimum Gasteiger partial charge on any atom is -0.380 e. The fraction of sp³-hybridized carbons (Fsp3) is 1.00. The first-order valence-electron chi connectivity index (χ1n) is 5.61. The van der Waals surface area contributed by atoms with Crippen molar-refractivity contribution in [2.45, 2.75) is 20.3 Å². The number of hydrogen-bond donors (Lipinski definition) is 1. The Hall–Kier alpha value is -0.120. The average Bonchev–Trinajstić information content (AvgIpc) is 2.13. The molecule has 3 nitrogen and oxygen atoms in total. The van der Waals surface area contributed by atoms with Crippen LogP contribution < -0.4 is 5.32 Å². The van der Waals surface area contributed by atoms with Gasteiger partial charge in [0.1, 0.15) is 0 Å². The molecule has 0 aliphatic heterocycles. The van der Waals surface area contributed by atoms with Crippen LogP contribution in [0.3, 0.4) is 0 Å². The first-order chi connectivity index (χ1) is 6.70. The zero-order chi connectivity index (χ0) is 10.8. The van der Waals surface area contributed by atoms with Crippen molar-refractivity contribution in [1.82, 2.24) is 10.2 Å². The van der Waals surface area contributed by atoms with Crippen LogP contribution in [0.1, 0.15) is 20.3 Å². The molecule has 0 saturated carbocycles. The predicted octanol–water partition coefficient (Wildman–Crippen LogP) is 1.20. The van der Waals surface area contributed by atoms with Gasteiger partial charge >= 0.3 is 0 Å². The van der Waals surface area contributed by atoms with Crippen LogP contribution in [-0.2, 0) is 4.74 Å². The first-order valence-corrected chi connectivity index (χ1v) is 5.61. The fourth-order valence-electron chi connectivity index (χ4n) is 1.50. The van der Waals surface area contributed by atoms with E-state index in [1.165, 1.54) is 0 Å². The minimum absolute atomic E-state index is 0.705. The smallest absolute Gasteiger partial charge is 0.0593 e. The Morgan fingerprint density at radius 3 is 2.64 bits per heavy atom. The molecule has 0 saturated heterocycles. The molecule has 0 spiro atoms. The quantitative estimate of drug-likeness (QED) is 0.569. The van der Waals surface area contributed by atoms with Gasteiger partial charge in [-0.15, -0.1) is 0 Å². The normalized spacial score (nSPS) is 13.5. The lowest BCUT2D eigenvalue weighted by molar-refractivity contribution is 0.108. The maximum atomic E-state index is 5.44. The van der Waals surface area contributed by atoms with E-state index >= 15 is 0 Å². The summed E-state index contributed by atoms with van der Waals surface area (Å²) in [7, 11) is 4.16. The van der Waals surface area contributed by atoms with Gasteiger partial charge in [0.25, 0.3) is 0 Å². The van der Waals surface area contributed by atoms with Crippen molar-refractivity contribution >= 4 is 0 Å². The maximum Gasteiger partial charge on any atom is 0.0593 e. The van der Waals surface area contributed by atoms with Gasteiger partial charge in [-0.1, -0.05) is 13.8 Å². The second-order valence-corrected chi connectivity index (χ2v) is 4.04. The van der Waals surface area contributed by atoms with Gasteiger partial charge in [0.15, 0.2) is 0 Å². The summed E-state index contributed by atoms with van der Waals surface area (Å²) < 4.78 is 5.44. The van der Waals surface area contributed by atoms with Crippen molar-refractivity contribution in [2.24, 2.45) is 5.92 Å². The van der Waals surface area contributed by atoms with Crippen molar-refractivity contribution in [3.05, 3.63) is 0 Å². The molecule has 0 radical (unpaired) electrons. The van der Waals surface area contributed by atoms with Crippen LogP contribution >= 0.6 is 0 Å². The third kappa shape index (κ3) is 8.48. The van der Waals surface area contributed by atoms with Crippen LogP contribution in [0, 0.1) is 5.92 Å². The first kappa shape index (κ1) is 13.9. The van der Waals surface area contributed by atoms with Gasteiger partial charge in [-0.2, -0.15) is 0 Å². The number of rotatable bonds is 9. The molecule has 14 heavy (non-hydrogen) atoms. The van der Waals surface area contributed by atoms with Gasteiger partial charge in [0, 0.05) is 19.7 Å². The van der Waals surface area contributed by atoms with Crippen LogP contribution in [-0.4, -0.2) is 51.8 Å². The van der Waals surface area contributed by atoms with Gasteiger partial charge in [0.05, 0.1) is 6.61 Å². The van der Waals surface area contributed by atoms with Crippen LogP contribution in [0.4, 0.5) is 0 Å².